The summed E-state index contributed by atoms with van der Waals surface area (Å²) in [6, 6.07) is 0.558. The largest absolute Gasteiger partial charge is 0.347 e. The lowest BCUT2D eigenvalue weighted by atomic mass is 10.2. The molecule has 2 atom stereocenters. The smallest absolute Gasteiger partial charge is 0.323 e. The Morgan fingerprint density at radius 2 is 0.756 bits per heavy atom. The lowest BCUT2D eigenvalue weighted by Crippen LogP contribution is -2.42. The molecular weight excluding hydrogens is 584 g/mol. The van der Waals surface area contributed by atoms with Crippen LogP contribution >= 0.6 is 0 Å². The molecule has 0 radical (unpaired) electrons. The Bertz CT molecular complexity index is 1040. The number of carbonyl (C=O) groups excluding carboxylic acids is 4. The van der Waals surface area contributed by atoms with E-state index in [4.69, 9.17) is 0 Å². The molecular formula is C27H54N14O4. The van der Waals surface area contributed by atoms with Crippen LogP contribution in [-0.2, 0) is 0 Å². The van der Waals surface area contributed by atoms with Crippen LogP contribution in [0.1, 0.15) is 13.8 Å². The van der Waals surface area contributed by atoms with Crippen molar-refractivity contribution in [2.24, 2.45) is 0 Å². The second kappa shape index (κ2) is 16.0. The quantitative estimate of drug-likeness (QED) is 0.462. The topological polar surface area (TPSA) is 160 Å². The number of nitrogens with zero attached hydrogens (tertiary/aromatic N) is 12. The van der Waals surface area contributed by atoms with E-state index in [0.717, 1.165) is 0 Å². The first kappa shape index (κ1) is 38.5. The van der Waals surface area contributed by atoms with Crippen LogP contribution in [0.5, 0.6) is 0 Å². The number of hydrogen-bond donors (Lipinski definition) is 2. The predicted octanol–water partition coefficient (Wildman–Crippen LogP) is 0.00840. The average Bonchev–Trinajstić information content (AvgIpc) is 3.45. The Labute approximate surface area is 267 Å². The number of carbonyl (C=O) groups is 4. The monoisotopic (exact) mass is 638 g/mol. The van der Waals surface area contributed by atoms with Crippen molar-refractivity contribution in [2.45, 2.75) is 38.3 Å². The normalized spacial score (nSPS) is 21.7. The summed E-state index contributed by atoms with van der Waals surface area (Å²) >= 11 is 0. The van der Waals surface area contributed by atoms with E-state index in [9.17, 15) is 19.2 Å². The van der Waals surface area contributed by atoms with Gasteiger partial charge in [0.15, 0.2) is 0 Å². The van der Waals surface area contributed by atoms with E-state index in [-0.39, 0.29) is 36.5 Å². The summed E-state index contributed by atoms with van der Waals surface area (Å²) in [5, 5.41) is 4.73. The van der Waals surface area contributed by atoms with Gasteiger partial charge in [-0.2, -0.15) is 15.0 Å². The number of likely N-dealkylation sites (N-methyl/N-ethyl adjacent to an activating group) is 6. The minimum atomic E-state index is -0.162. The first-order valence-electron chi connectivity index (χ1n) is 14.4. The number of urea groups is 4. The highest BCUT2D eigenvalue weighted by atomic mass is 16.2. The summed E-state index contributed by atoms with van der Waals surface area (Å²) in [6.45, 7) is 4.12. The molecule has 18 nitrogen and oxygen atoms in total. The molecule has 2 N–H and O–H groups in total. The van der Waals surface area contributed by atoms with Crippen LogP contribution in [-0.4, -0.2) is 192 Å². The highest BCUT2D eigenvalue weighted by Crippen LogP contribution is 2.30. The maximum Gasteiger partial charge on any atom is 0.323 e. The van der Waals surface area contributed by atoms with Crippen molar-refractivity contribution in [1.29, 1.82) is 0 Å². The van der Waals surface area contributed by atoms with Gasteiger partial charge in [0.2, 0.25) is 17.8 Å². The first-order valence-corrected chi connectivity index (χ1v) is 14.4. The molecule has 3 fully saturated rings. The molecule has 1 aromatic heterocycles. The van der Waals surface area contributed by atoms with Gasteiger partial charge < -0.3 is 54.7 Å². The minimum absolute atomic E-state index is 0.0498. The average molecular weight is 639 g/mol. The van der Waals surface area contributed by atoms with Gasteiger partial charge in [0.25, 0.3) is 0 Å². The second-order valence-electron chi connectivity index (χ2n) is 11.6. The standard InChI is InChI=1S/C9H18N6.C8H14N4O2.C7H14N2O.C3H8N2O/c1-13(2)7-10-8(14(3)4)12-9(11-7)15(5)6;1-9-5-6(11(3)7(9)13)12(4)8(14)10(5)2;1-5-6(2)9(4)7(10)8(5)3;1-4-3(6)5-2/h1-6H3;5-6H,1-4H3;5-6H,1-4H3;1-2H3,(H2,4,5,6). The molecule has 45 heavy (non-hydrogen) atoms. The van der Waals surface area contributed by atoms with Crippen LogP contribution in [0.15, 0.2) is 0 Å². The molecule has 2 unspecified atom stereocenters. The van der Waals surface area contributed by atoms with Gasteiger partial charge in [-0.25, -0.2) is 19.2 Å². The first-order chi connectivity index (χ1) is 20.7. The maximum atomic E-state index is 11.6. The highest BCUT2D eigenvalue weighted by molar-refractivity contribution is 5.84. The summed E-state index contributed by atoms with van der Waals surface area (Å²) in [6.07, 6.45) is -0.324. The number of anilines is 3. The number of fused-ring (bicyclic) bond motifs is 1. The SMILES string of the molecule is CC1C(C)N(C)C(=O)N1C.CN(C)c1nc(N(C)C)nc(N(C)C)n1.CN1C(=O)N(C)C2C1N(C)C(=O)N2C.CNC(=O)NC. The van der Waals surface area contributed by atoms with Crippen LogP contribution in [0.25, 0.3) is 0 Å². The third-order valence-electron chi connectivity index (χ3n) is 7.84. The molecule has 0 saturated carbocycles. The van der Waals surface area contributed by atoms with E-state index in [1.165, 1.54) is 0 Å². The fourth-order valence-electron chi connectivity index (χ4n) is 4.58. The summed E-state index contributed by atoms with van der Waals surface area (Å²) in [4.78, 5) is 72.8. The molecule has 0 spiro atoms. The Hall–Kier alpha value is -4.51. The molecule has 0 aliphatic carbocycles. The second-order valence-corrected chi connectivity index (χ2v) is 11.6. The predicted molar refractivity (Wildman–Crippen MR) is 176 cm³/mol. The van der Waals surface area contributed by atoms with Crippen LogP contribution in [0, 0.1) is 0 Å². The lowest BCUT2D eigenvalue weighted by molar-refractivity contribution is 0.157. The number of rotatable bonds is 3. The number of amides is 8. The summed E-state index contributed by atoms with van der Waals surface area (Å²) < 4.78 is 0. The van der Waals surface area contributed by atoms with Gasteiger partial charge in [-0.3, -0.25) is 0 Å². The zero-order valence-electron chi connectivity index (χ0n) is 29.8. The van der Waals surface area contributed by atoms with E-state index in [0.29, 0.717) is 29.9 Å². The Morgan fingerprint density at radius 3 is 0.889 bits per heavy atom. The van der Waals surface area contributed by atoms with Gasteiger partial charge in [-0.1, -0.05) is 0 Å². The van der Waals surface area contributed by atoms with Gasteiger partial charge in [-0.15, -0.1) is 0 Å². The molecule has 0 aromatic carbocycles. The summed E-state index contributed by atoms with van der Waals surface area (Å²) in [5.41, 5.74) is 0. The van der Waals surface area contributed by atoms with Crippen molar-refractivity contribution in [3.8, 4) is 0 Å². The van der Waals surface area contributed by atoms with Crippen molar-refractivity contribution >= 4 is 42.0 Å². The Balaban J connectivity index is 0.000000315. The molecule has 18 heteroatoms. The number of nitrogens with one attached hydrogen (secondary N) is 2. The number of hydrogen-bond acceptors (Lipinski definition) is 10. The fraction of sp³-hybridized carbons (Fsp3) is 0.741. The van der Waals surface area contributed by atoms with Crippen molar-refractivity contribution in [1.82, 2.24) is 55.0 Å². The summed E-state index contributed by atoms with van der Waals surface area (Å²) in [7, 11) is 25.1. The fourth-order valence-corrected chi connectivity index (χ4v) is 4.58. The Kier molecular flexibility index (Phi) is 13.7. The van der Waals surface area contributed by atoms with Crippen LogP contribution in [0.2, 0.25) is 0 Å². The third kappa shape index (κ3) is 8.78. The zero-order valence-corrected chi connectivity index (χ0v) is 29.8. The van der Waals surface area contributed by atoms with Crippen LogP contribution in [0.3, 0.4) is 0 Å². The van der Waals surface area contributed by atoms with Crippen molar-refractivity contribution < 1.29 is 19.2 Å². The molecule has 0 bridgehead atoms. The molecule has 3 saturated heterocycles. The van der Waals surface area contributed by atoms with Crippen LogP contribution in [0.4, 0.5) is 37.0 Å². The lowest BCUT2D eigenvalue weighted by Gasteiger charge is -2.22. The third-order valence-corrected chi connectivity index (χ3v) is 7.84. The Morgan fingerprint density at radius 1 is 0.533 bits per heavy atom. The van der Waals surface area contributed by atoms with Crippen molar-refractivity contribution in [3.63, 3.8) is 0 Å². The zero-order chi connectivity index (χ0) is 35.1. The summed E-state index contributed by atoms with van der Waals surface area (Å²) in [5.74, 6) is 1.99. The van der Waals surface area contributed by atoms with Crippen LogP contribution < -0.4 is 25.3 Å². The number of aromatic nitrogens is 3. The van der Waals surface area contributed by atoms with Crippen molar-refractivity contribution in [3.05, 3.63) is 0 Å². The van der Waals surface area contributed by atoms with E-state index >= 15 is 0 Å². The van der Waals surface area contributed by atoms with Gasteiger partial charge in [0.05, 0.1) is 12.1 Å². The van der Waals surface area contributed by atoms with E-state index in [1.54, 1.807) is 71.7 Å². The molecule has 3 aliphatic heterocycles. The molecule has 1 aromatic rings. The molecule has 4 rings (SSSR count). The van der Waals surface area contributed by atoms with Gasteiger partial charge in [0.1, 0.15) is 12.3 Å². The molecule has 256 valence electrons. The van der Waals surface area contributed by atoms with Crippen molar-refractivity contribution in [2.75, 3.05) is 113 Å². The molecule has 8 amide bonds. The molecule has 3 aliphatic rings. The highest BCUT2D eigenvalue weighted by Gasteiger charge is 2.54. The van der Waals surface area contributed by atoms with Gasteiger partial charge in [0, 0.05) is 98.7 Å². The van der Waals surface area contributed by atoms with Gasteiger partial charge in [-0.05, 0) is 13.8 Å². The minimum Gasteiger partial charge on any atom is -0.347 e. The molecule has 4 heterocycles. The van der Waals surface area contributed by atoms with Gasteiger partial charge >= 0.3 is 24.1 Å². The van der Waals surface area contributed by atoms with E-state index < -0.39 is 0 Å². The van der Waals surface area contributed by atoms with E-state index in [1.807, 2.05) is 71.1 Å². The van der Waals surface area contributed by atoms with E-state index in [2.05, 4.69) is 39.4 Å². The maximum absolute atomic E-state index is 11.6.